The fourth-order valence-corrected chi connectivity index (χ4v) is 9.34. The number of nitrogens with zero attached hydrogens (tertiary/aromatic N) is 3. The Morgan fingerprint density at radius 3 is 2.46 bits per heavy atom. The van der Waals surface area contributed by atoms with Crippen LogP contribution in [0.25, 0.3) is 76.3 Å². The molecular weight excluding hydrogens is 695 g/mol. The van der Waals surface area contributed by atoms with Gasteiger partial charge in [0.15, 0.2) is 0 Å². The predicted octanol–water partition coefficient (Wildman–Crippen LogP) is 14.4. The first kappa shape index (κ1) is 33.4. The summed E-state index contributed by atoms with van der Waals surface area (Å²) in [6, 6.07) is 43.7. The Labute approximate surface area is 330 Å². The maximum Gasteiger partial charge on any atom is 0.144 e. The third-order valence-corrected chi connectivity index (χ3v) is 12.1. The van der Waals surface area contributed by atoms with Crippen molar-refractivity contribution in [2.45, 2.75) is 32.6 Å². The quantitative estimate of drug-likeness (QED) is 0.131. The van der Waals surface area contributed by atoms with Crippen LogP contribution in [0.2, 0.25) is 0 Å². The maximum absolute atomic E-state index is 6.58. The van der Waals surface area contributed by atoms with Crippen molar-refractivity contribution >= 4 is 100 Å². The van der Waals surface area contributed by atoms with E-state index in [1.165, 1.54) is 38.2 Å². The van der Waals surface area contributed by atoms with E-state index in [4.69, 9.17) is 19.4 Å². The van der Waals surface area contributed by atoms with Crippen LogP contribution in [-0.4, -0.2) is 17.4 Å². The number of fused-ring (bicyclic) bond motifs is 13. The minimum atomic E-state index is 0.212. The Morgan fingerprint density at radius 2 is 1.54 bits per heavy atom. The first-order valence-corrected chi connectivity index (χ1v) is 19.9. The highest BCUT2D eigenvalue weighted by molar-refractivity contribution is 6.24. The van der Waals surface area contributed by atoms with E-state index < -0.39 is 0 Å². The lowest BCUT2D eigenvalue weighted by Gasteiger charge is -2.29. The summed E-state index contributed by atoms with van der Waals surface area (Å²) in [6.45, 7) is 8.96. The summed E-state index contributed by atoms with van der Waals surface area (Å²) in [4.78, 5) is 15.0. The molecule has 0 radical (unpaired) electrons. The summed E-state index contributed by atoms with van der Waals surface area (Å²) in [7, 11) is 0. The number of aliphatic imine (C=N–C) groups is 2. The van der Waals surface area contributed by atoms with Crippen LogP contribution in [0.15, 0.2) is 161 Å². The molecule has 0 spiro atoms. The van der Waals surface area contributed by atoms with Crippen LogP contribution < -0.4 is 0 Å². The highest BCUT2D eigenvalue weighted by atomic mass is 16.3. The molecule has 2 aliphatic rings. The van der Waals surface area contributed by atoms with E-state index in [-0.39, 0.29) is 11.8 Å². The average molecular weight is 734 g/mol. The van der Waals surface area contributed by atoms with Crippen molar-refractivity contribution in [2.75, 3.05) is 0 Å². The molecule has 1 unspecified atom stereocenters. The lowest BCUT2D eigenvalue weighted by Crippen LogP contribution is -2.16. The number of aryl methyl sites for hydroxylation is 1. The molecule has 272 valence electrons. The topological polar surface area (TPSA) is 50.8 Å². The highest BCUT2D eigenvalue weighted by Crippen LogP contribution is 2.48. The average Bonchev–Trinajstić information content (AvgIpc) is 3.64. The number of rotatable bonds is 5. The van der Waals surface area contributed by atoms with E-state index >= 15 is 0 Å². The Bertz CT molecular complexity index is 3300. The molecule has 0 bridgehead atoms. The third kappa shape index (κ3) is 5.32. The zero-order valence-corrected chi connectivity index (χ0v) is 32.0. The van der Waals surface area contributed by atoms with E-state index in [0.29, 0.717) is 0 Å². The van der Waals surface area contributed by atoms with Gasteiger partial charge in [0.2, 0.25) is 0 Å². The first-order chi connectivity index (χ1) is 28.0. The van der Waals surface area contributed by atoms with Crippen LogP contribution in [-0.2, 0) is 6.42 Å². The molecule has 0 saturated carbocycles. The molecule has 4 nitrogen and oxygen atoms in total. The number of hydrogen-bond acceptors (Lipinski definition) is 4. The summed E-state index contributed by atoms with van der Waals surface area (Å²) in [5.74, 6) is 0.483. The number of furan rings is 1. The van der Waals surface area contributed by atoms with Gasteiger partial charge in [0.25, 0.3) is 0 Å². The zero-order chi connectivity index (χ0) is 38.2. The zero-order valence-electron chi connectivity index (χ0n) is 32.0. The summed E-state index contributed by atoms with van der Waals surface area (Å²) >= 11 is 0. The molecule has 0 aliphatic carbocycles. The number of aromatic nitrogens is 1. The van der Waals surface area contributed by atoms with Gasteiger partial charge in [0.1, 0.15) is 11.2 Å². The van der Waals surface area contributed by atoms with E-state index in [1.807, 2.05) is 24.4 Å². The molecule has 4 heterocycles. The van der Waals surface area contributed by atoms with Gasteiger partial charge >= 0.3 is 0 Å². The molecule has 7 aromatic carbocycles. The molecule has 57 heavy (non-hydrogen) atoms. The molecule has 11 rings (SSSR count). The van der Waals surface area contributed by atoms with Gasteiger partial charge in [-0.2, -0.15) is 0 Å². The second-order valence-corrected chi connectivity index (χ2v) is 15.5. The van der Waals surface area contributed by atoms with Gasteiger partial charge in [0.05, 0.1) is 22.6 Å². The normalized spacial score (nSPS) is 16.8. The first-order valence-electron chi connectivity index (χ1n) is 19.9. The monoisotopic (exact) mass is 733 g/mol. The molecule has 0 N–H and O–H groups in total. The van der Waals surface area contributed by atoms with Crippen molar-refractivity contribution in [3.05, 3.63) is 174 Å². The number of hydrogen-bond donors (Lipinski definition) is 0. The molecule has 0 saturated heterocycles. The van der Waals surface area contributed by atoms with Crippen LogP contribution in [0, 0.1) is 5.92 Å². The van der Waals surface area contributed by atoms with Crippen molar-refractivity contribution < 1.29 is 4.42 Å². The van der Waals surface area contributed by atoms with Gasteiger partial charge in [-0.05, 0) is 99.5 Å². The molecule has 2 aromatic heterocycles. The second kappa shape index (κ2) is 13.1. The Kier molecular flexibility index (Phi) is 7.68. The van der Waals surface area contributed by atoms with Crippen molar-refractivity contribution in [3.63, 3.8) is 0 Å². The van der Waals surface area contributed by atoms with Crippen molar-refractivity contribution in [1.29, 1.82) is 0 Å². The number of para-hydroxylation sites is 2. The van der Waals surface area contributed by atoms with Crippen LogP contribution in [0.5, 0.6) is 0 Å². The molecule has 2 aliphatic heterocycles. The van der Waals surface area contributed by atoms with Crippen molar-refractivity contribution in [1.82, 2.24) is 4.98 Å². The summed E-state index contributed by atoms with van der Waals surface area (Å²) < 4.78 is 6.58. The van der Waals surface area contributed by atoms with Crippen molar-refractivity contribution in [3.8, 4) is 0 Å². The highest BCUT2D eigenvalue weighted by Gasteiger charge is 2.29. The standard InChI is InChI=1S/C53H39N3O/c1-4-10-38(50-44-25-24-41-40-12-6-8-15-47(40)57-53(41)49(44)42-13-5-7-14-46(42)56-50)27-31(2)35-18-16-33-17-19-36-28-37(21-22-39(36)45(33)29-35)48-32(3)30-55-52-43(48)23-20-34-11-9-26-54-51(34)52/h4-8,10,12-30,32,48H,2,9,11H2,1,3H3/b10-4-,38-27+/t32-,48?/m1/s1. The van der Waals surface area contributed by atoms with Crippen LogP contribution in [0.1, 0.15) is 54.1 Å². The summed E-state index contributed by atoms with van der Waals surface area (Å²) in [5, 5.41) is 10.3. The fourth-order valence-electron chi connectivity index (χ4n) is 9.34. The molecule has 9 aromatic rings. The van der Waals surface area contributed by atoms with E-state index in [1.54, 1.807) is 0 Å². The van der Waals surface area contributed by atoms with Crippen LogP contribution in [0.4, 0.5) is 11.4 Å². The molecule has 4 heteroatoms. The molecule has 0 fully saturated rings. The van der Waals surface area contributed by atoms with Crippen LogP contribution in [0.3, 0.4) is 0 Å². The Balaban J connectivity index is 1.01. The minimum absolute atomic E-state index is 0.212. The van der Waals surface area contributed by atoms with Crippen LogP contribution >= 0.6 is 0 Å². The van der Waals surface area contributed by atoms with Gasteiger partial charge < -0.3 is 4.42 Å². The van der Waals surface area contributed by atoms with E-state index in [0.717, 1.165) is 90.2 Å². The summed E-state index contributed by atoms with van der Waals surface area (Å²) in [5.41, 5.74) is 12.5. The van der Waals surface area contributed by atoms with Gasteiger partial charge in [-0.15, -0.1) is 0 Å². The number of allylic oxidation sites excluding steroid dienone is 5. The van der Waals surface area contributed by atoms with Gasteiger partial charge in [-0.25, -0.2) is 4.98 Å². The van der Waals surface area contributed by atoms with Gasteiger partial charge in [0, 0.05) is 56.8 Å². The largest absolute Gasteiger partial charge is 0.455 e. The fraction of sp³-hybridized carbons (Fsp3) is 0.113. The van der Waals surface area contributed by atoms with E-state index in [2.05, 4.69) is 148 Å². The lowest BCUT2D eigenvalue weighted by molar-refractivity contribution is 0.662. The van der Waals surface area contributed by atoms with Crippen molar-refractivity contribution in [2.24, 2.45) is 15.9 Å². The lowest BCUT2D eigenvalue weighted by atomic mass is 9.78. The minimum Gasteiger partial charge on any atom is -0.455 e. The predicted molar refractivity (Wildman–Crippen MR) is 242 cm³/mol. The van der Waals surface area contributed by atoms with Gasteiger partial charge in [-0.3, -0.25) is 9.98 Å². The number of pyridine rings is 1. The maximum atomic E-state index is 6.58. The SMILES string of the molecule is C=C(/C=C(\C=C/C)c1nc2ccccc2c2c1ccc1c3ccccc3oc12)c1ccc2ccc3cc(C4c5ccc6c(c5N=C[C@H]4C)N=CCC6)ccc3c2c1. The molecule has 0 amide bonds. The third-order valence-electron chi connectivity index (χ3n) is 12.1. The second-order valence-electron chi connectivity index (χ2n) is 15.5. The Morgan fingerprint density at radius 1 is 0.737 bits per heavy atom. The molecule has 2 atom stereocenters. The number of benzene rings is 7. The Hall–Kier alpha value is -6.91. The van der Waals surface area contributed by atoms with Gasteiger partial charge in [-0.1, -0.05) is 123 Å². The molecular formula is C53H39N3O. The van der Waals surface area contributed by atoms with E-state index in [9.17, 15) is 0 Å². The smallest absolute Gasteiger partial charge is 0.144 e. The summed E-state index contributed by atoms with van der Waals surface area (Å²) in [6.07, 6.45) is 12.6.